The molecule has 6 heteroatoms. The summed E-state index contributed by atoms with van der Waals surface area (Å²) in [6, 6.07) is 8.56. The fraction of sp³-hybridized carbons (Fsp3) is 0.167. The number of H-pyrrole nitrogens is 1. The number of benzene rings is 1. The summed E-state index contributed by atoms with van der Waals surface area (Å²) in [7, 11) is 0. The Hall–Kier alpha value is -2.50. The van der Waals surface area contributed by atoms with E-state index in [0.717, 1.165) is 0 Å². The molecule has 2 aromatic rings. The lowest BCUT2D eigenvalue weighted by molar-refractivity contribution is 0.262. The Morgan fingerprint density at radius 3 is 2.89 bits per heavy atom. The number of para-hydroxylation sites is 2. The Morgan fingerprint density at radius 2 is 2.17 bits per heavy atom. The van der Waals surface area contributed by atoms with Crippen LogP contribution < -0.4 is 15.4 Å². The van der Waals surface area contributed by atoms with Crippen LogP contribution in [0.2, 0.25) is 0 Å². The number of aromatic nitrogens is 2. The van der Waals surface area contributed by atoms with Gasteiger partial charge in [0.15, 0.2) is 0 Å². The van der Waals surface area contributed by atoms with Crippen LogP contribution in [0.15, 0.2) is 36.5 Å². The van der Waals surface area contributed by atoms with Crippen molar-refractivity contribution in [1.29, 1.82) is 0 Å². The van der Waals surface area contributed by atoms with Gasteiger partial charge in [-0.15, -0.1) is 0 Å². The van der Waals surface area contributed by atoms with Crippen LogP contribution in [-0.2, 0) is 0 Å². The predicted molar refractivity (Wildman–Crippen MR) is 68.8 cm³/mol. The molecular weight excluding hydrogens is 232 g/mol. The van der Waals surface area contributed by atoms with E-state index in [0.29, 0.717) is 23.9 Å². The van der Waals surface area contributed by atoms with Crippen molar-refractivity contribution in [3.05, 3.63) is 36.5 Å². The van der Waals surface area contributed by atoms with Crippen molar-refractivity contribution in [3.63, 3.8) is 0 Å². The first-order valence-corrected chi connectivity index (χ1v) is 5.59. The van der Waals surface area contributed by atoms with E-state index in [1.165, 1.54) is 0 Å². The summed E-state index contributed by atoms with van der Waals surface area (Å²) in [5, 5.41) is 11.7. The molecule has 0 aliphatic rings. The second-order valence-electron chi connectivity index (χ2n) is 3.48. The molecule has 6 nitrogen and oxygen atoms in total. The molecule has 0 bridgehead atoms. The highest BCUT2D eigenvalue weighted by Crippen LogP contribution is 2.23. The summed E-state index contributed by atoms with van der Waals surface area (Å²) in [6.07, 6.45) is 1.56. The molecule has 94 valence electrons. The third kappa shape index (κ3) is 3.00. The van der Waals surface area contributed by atoms with E-state index in [-0.39, 0.29) is 6.03 Å². The lowest BCUT2D eigenvalue weighted by atomic mass is 10.3. The van der Waals surface area contributed by atoms with Gasteiger partial charge in [0.1, 0.15) is 11.6 Å². The molecular formula is C12H14N4O2. The zero-order chi connectivity index (χ0) is 12.8. The average Bonchev–Trinajstić information content (AvgIpc) is 2.84. The zero-order valence-electron chi connectivity index (χ0n) is 9.93. The van der Waals surface area contributed by atoms with Gasteiger partial charge in [0, 0.05) is 6.07 Å². The van der Waals surface area contributed by atoms with Crippen LogP contribution in [-0.4, -0.2) is 22.8 Å². The monoisotopic (exact) mass is 246 g/mol. The van der Waals surface area contributed by atoms with E-state index in [9.17, 15) is 4.79 Å². The van der Waals surface area contributed by atoms with E-state index in [4.69, 9.17) is 4.74 Å². The number of urea groups is 1. The van der Waals surface area contributed by atoms with Gasteiger partial charge in [-0.25, -0.2) is 4.79 Å². The van der Waals surface area contributed by atoms with Gasteiger partial charge in [0.05, 0.1) is 18.5 Å². The summed E-state index contributed by atoms with van der Waals surface area (Å²) >= 11 is 0. The van der Waals surface area contributed by atoms with Crippen LogP contribution in [0, 0.1) is 0 Å². The molecule has 0 spiro atoms. The first-order chi connectivity index (χ1) is 8.79. The number of rotatable bonds is 4. The summed E-state index contributed by atoms with van der Waals surface area (Å²) in [5.41, 5.74) is 0.622. The van der Waals surface area contributed by atoms with E-state index >= 15 is 0 Å². The maximum Gasteiger partial charge on any atom is 0.324 e. The van der Waals surface area contributed by atoms with Crippen LogP contribution >= 0.6 is 0 Å². The fourth-order valence-electron chi connectivity index (χ4n) is 1.45. The standard InChI is InChI=1S/C12H14N4O2/c1-2-18-10-6-4-3-5-9(10)14-12(17)15-11-7-8-13-16-11/h3-8H,2H2,1H3,(H3,13,14,15,16,17). The van der Waals surface area contributed by atoms with Gasteiger partial charge in [0.25, 0.3) is 0 Å². The Labute approximate surface area is 104 Å². The van der Waals surface area contributed by atoms with Crippen molar-refractivity contribution < 1.29 is 9.53 Å². The summed E-state index contributed by atoms with van der Waals surface area (Å²) in [6.45, 7) is 2.43. The molecule has 3 N–H and O–H groups in total. The highest BCUT2D eigenvalue weighted by atomic mass is 16.5. The highest BCUT2D eigenvalue weighted by Gasteiger charge is 2.07. The number of hydrogen-bond acceptors (Lipinski definition) is 3. The number of nitrogens with zero attached hydrogens (tertiary/aromatic N) is 1. The van der Waals surface area contributed by atoms with E-state index in [1.807, 2.05) is 19.1 Å². The van der Waals surface area contributed by atoms with Crippen LogP contribution in [0.4, 0.5) is 16.3 Å². The minimum atomic E-state index is -0.355. The number of aromatic amines is 1. The second kappa shape index (κ2) is 5.72. The van der Waals surface area contributed by atoms with Crippen molar-refractivity contribution in [1.82, 2.24) is 10.2 Å². The summed E-state index contributed by atoms with van der Waals surface area (Å²) < 4.78 is 5.41. The maximum atomic E-state index is 11.7. The fourth-order valence-corrected chi connectivity index (χ4v) is 1.45. The number of amides is 2. The minimum Gasteiger partial charge on any atom is -0.492 e. The second-order valence-corrected chi connectivity index (χ2v) is 3.48. The number of hydrogen-bond donors (Lipinski definition) is 3. The number of carbonyl (C=O) groups excluding carboxylic acids is 1. The van der Waals surface area contributed by atoms with Gasteiger partial charge in [-0.3, -0.25) is 10.4 Å². The first kappa shape index (κ1) is 12.0. The average molecular weight is 246 g/mol. The molecule has 0 aliphatic carbocycles. The molecule has 2 rings (SSSR count). The smallest absolute Gasteiger partial charge is 0.324 e. The highest BCUT2D eigenvalue weighted by molar-refractivity contribution is 6.00. The normalized spacial score (nSPS) is 9.83. The molecule has 0 fully saturated rings. The van der Waals surface area contributed by atoms with Gasteiger partial charge >= 0.3 is 6.03 Å². The molecule has 0 atom stereocenters. The molecule has 1 aromatic heterocycles. The van der Waals surface area contributed by atoms with Gasteiger partial charge in [-0.1, -0.05) is 12.1 Å². The molecule has 2 amide bonds. The molecule has 0 saturated heterocycles. The lowest BCUT2D eigenvalue weighted by Crippen LogP contribution is -2.20. The van der Waals surface area contributed by atoms with E-state index in [2.05, 4.69) is 20.8 Å². The Morgan fingerprint density at radius 1 is 1.33 bits per heavy atom. The predicted octanol–water partition coefficient (Wildman–Crippen LogP) is 2.45. The van der Waals surface area contributed by atoms with Gasteiger partial charge in [-0.05, 0) is 19.1 Å². The van der Waals surface area contributed by atoms with Crippen molar-refractivity contribution in [3.8, 4) is 5.75 Å². The van der Waals surface area contributed by atoms with Crippen molar-refractivity contribution >= 4 is 17.5 Å². The van der Waals surface area contributed by atoms with Crippen molar-refractivity contribution in [2.75, 3.05) is 17.2 Å². The van der Waals surface area contributed by atoms with Crippen molar-refractivity contribution in [2.24, 2.45) is 0 Å². The Bertz CT molecular complexity index is 511. The number of anilines is 2. The molecule has 1 heterocycles. The third-order valence-corrected chi connectivity index (χ3v) is 2.18. The third-order valence-electron chi connectivity index (χ3n) is 2.18. The molecule has 18 heavy (non-hydrogen) atoms. The first-order valence-electron chi connectivity index (χ1n) is 5.59. The molecule has 1 aromatic carbocycles. The largest absolute Gasteiger partial charge is 0.492 e. The van der Waals surface area contributed by atoms with Crippen LogP contribution in [0.25, 0.3) is 0 Å². The molecule has 0 unspecified atom stereocenters. The summed E-state index contributed by atoms with van der Waals surface area (Å²) in [5.74, 6) is 1.17. The molecule has 0 saturated carbocycles. The quantitative estimate of drug-likeness (QED) is 0.775. The van der Waals surface area contributed by atoms with Gasteiger partial charge in [-0.2, -0.15) is 5.10 Å². The Kier molecular flexibility index (Phi) is 3.80. The van der Waals surface area contributed by atoms with Crippen molar-refractivity contribution in [2.45, 2.75) is 6.92 Å². The zero-order valence-corrected chi connectivity index (χ0v) is 9.93. The lowest BCUT2D eigenvalue weighted by Gasteiger charge is -2.11. The van der Waals surface area contributed by atoms with E-state index in [1.54, 1.807) is 24.4 Å². The molecule has 0 radical (unpaired) electrons. The number of nitrogens with one attached hydrogen (secondary N) is 3. The van der Waals surface area contributed by atoms with E-state index < -0.39 is 0 Å². The van der Waals surface area contributed by atoms with Gasteiger partial charge < -0.3 is 10.1 Å². The SMILES string of the molecule is CCOc1ccccc1NC(=O)Nc1ccn[nH]1. The topological polar surface area (TPSA) is 79.0 Å². The van der Waals surface area contributed by atoms with Crippen LogP contribution in [0.1, 0.15) is 6.92 Å². The maximum absolute atomic E-state index is 11.7. The number of ether oxygens (including phenoxy) is 1. The number of carbonyl (C=O) groups is 1. The van der Waals surface area contributed by atoms with Gasteiger partial charge in [0.2, 0.25) is 0 Å². The molecule has 0 aliphatic heterocycles. The van der Waals surface area contributed by atoms with Crippen LogP contribution in [0.3, 0.4) is 0 Å². The Balaban J connectivity index is 2.02. The van der Waals surface area contributed by atoms with Crippen LogP contribution in [0.5, 0.6) is 5.75 Å². The minimum absolute atomic E-state index is 0.355. The summed E-state index contributed by atoms with van der Waals surface area (Å²) in [4.78, 5) is 11.7.